The average molecular weight is 338 g/mol. The van der Waals surface area contributed by atoms with Crippen LogP contribution in [0.2, 0.25) is 0 Å². The number of carbonyl (C=O) groups excluding carboxylic acids is 1. The summed E-state index contributed by atoms with van der Waals surface area (Å²) in [5.74, 6) is -0.415. The molecule has 4 nitrogen and oxygen atoms in total. The highest BCUT2D eigenvalue weighted by Crippen LogP contribution is 2.27. The molecule has 2 rings (SSSR count). The number of rotatable bonds is 2. The molecule has 0 aliphatic heterocycles. The van der Waals surface area contributed by atoms with E-state index in [1.54, 1.807) is 12.1 Å². The van der Waals surface area contributed by atoms with Crippen LogP contribution in [0.25, 0.3) is 0 Å². The number of nitrogens with one attached hydrogen (secondary N) is 2. The third-order valence-electron chi connectivity index (χ3n) is 2.65. The molecule has 0 fully saturated rings. The van der Waals surface area contributed by atoms with Crippen molar-refractivity contribution in [1.29, 1.82) is 0 Å². The van der Waals surface area contributed by atoms with Crippen LogP contribution in [0.4, 0.5) is 26.2 Å². The highest BCUT2D eigenvalue weighted by atomic mass is 79.9. The van der Waals surface area contributed by atoms with Crippen LogP contribution in [-0.2, 0) is 0 Å². The summed E-state index contributed by atoms with van der Waals surface area (Å²) in [6, 6.07) is 8.72. The smallest absolute Gasteiger partial charge is 0.323 e. The molecule has 6 heteroatoms. The second kappa shape index (κ2) is 5.92. The Bertz CT molecular complexity index is 638. The van der Waals surface area contributed by atoms with Crippen molar-refractivity contribution in [2.75, 3.05) is 16.4 Å². The minimum Gasteiger partial charge on any atom is -0.397 e. The van der Waals surface area contributed by atoms with Gasteiger partial charge in [-0.05, 0) is 42.8 Å². The van der Waals surface area contributed by atoms with E-state index in [0.717, 1.165) is 10.0 Å². The first-order valence-corrected chi connectivity index (χ1v) is 6.64. The third kappa shape index (κ3) is 3.48. The van der Waals surface area contributed by atoms with Crippen molar-refractivity contribution in [2.45, 2.75) is 6.92 Å². The van der Waals surface area contributed by atoms with Gasteiger partial charge < -0.3 is 16.4 Å². The fourth-order valence-electron chi connectivity index (χ4n) is 1.78. The van der Waals surface area contributed by atoms with E-state index in [4.69, 9.17) is 5.73 Å². The SMILES string of the molecule is Cc1cc(Br)cc(N)c1NC(=O)Nc1cccc(F)c1. The zero-order chi connectivity index (χ0) is 14.7. The van der Waals surface area contributed by atoms with Gasteiger partial charge in [0.25, 0.3) is 0 Å². The van der Waals surface area contributed by atoms with E-state index in [9.17, 15) is 9.18 Å². The summed E-state index contributed by atoms with van der Waals surface area (Å²) in [6.45, 7) is 1.83. The van der Waals surface area contributed by atoms with Crippen molar-refractivity contribution < 1.29 is 9.18 Å². The van der Waals surface area contributed by atoms with Gasteiger partial charge >= 0.3 is 6.03 Å². The highest BCUT2D eigenvalue weighted by Gasteiger charge is 2.09. The van der Waals surface area contributed by atoms with Gasteiger partial charge in [0, 0.05) is 10.2 Å². The Morgan fingerprint density at radius 3 is 2.65 bits per heavy atom. The molecule has 0 unspecified atom stereocenters. The minimum atomic E-state index is -0.479. The number of urea groups is 1. The quantitative estimate of drug-likeness (QED) is 0.721. The first kappa shape index (κ1) is 14.3. The molecule has 0 bridgehead atoms. The number of benzene rings is 2. The highest BCUT2D eigenvalue weighted by molar-refractivity contribution is 9.10. The first-order valence-electron chi connectivity index (χ1n) is 5.85. The summed E-state index contributed by atoms with van der Waals surface area (Å²) in [4.78, 5) is 11.9. The molecule has 0 radical (unpaired) electrons. The molecule has 0 spiro atoms. The van der Waals surface area contributed by atoms with Gasteiger partial charge in [0.2, 0.25) is 0 Å². The zero-order valence-corrected chi connectivity index (χ0v) is 12.3. The Morgan fingerprint density at radius 1 is 1.25 bits per heavy atom. The van der Waals surface area contributed by atoms with Gasteiger partial charge in [0.05, 0.1) is 11.4 Å². The van der Waals surface area contributed by atoms with Crippen LogP contribution in [0.5, 0.6) is 0 Å². The molecule has 2 amide bonds. The lowest BCUT2D eigenvalue weighted by atomic mass is 10.1. The van der Waals surface area contributed by atoms with Crippen molar-refractivity contribution in [3.63, 3.8) is 0 Å². The van der Waals surface area contributed by atoms with Gasteiger partial charge in [-0.3, -0.25) is 0 Å². The lowest BCUT2D eigenvalue weighted by Gasteiger charge is -2.13. The molecule has 0 aliphatic carbocycles. The Kier molecular flexibility index (Phi) is 4.24. The standard InChI is InChI=1S/C14H13BrFN3O/c1-8-5-9(15)6-12(17)13(8)19-14(20)18-11-4-2-3-10(16)7-11/h2-7H,17H2,1H3,(H2,18,19,20). The zero-order valence-electron chi connectivity index (χ0n) is 10.7. The van der Waals surface area contributed by atoms with Crippen LogP contribution in [0, 0.1) is 12.7 Å². The predicted molar refractivity (Wildman–Crippen MR) is 82.3 cm³/mol. The van der Waals surface area contributed by atoms with E-state index in [-0.39, 0.29) is 0 Å². The van der Waals surface area contributed by atoms with Gasteiger partial charge in [-0.15, -0.1) is 0 Å². The molecular weight excluding hydrogens is 325 g/mol. The Balaban J connectivity index is 2.13. The maximum Gasteiger partial charge on any atom is 0.323 e. The summed E-state index contributed by atoms with van der Waals surface area (Å²) in [6.07, 6.45) is 0. The number of amides is 2. The number of nitrogens with two attached hydrogens (primary N) is 1. The molecule has 0 heterocycles. The van der Waals surface area contributed by atoms with Crippen LogP contribution in [0.3, 0.4) is 0 Å². The van der Waals surface area contributed by atoms with Crippen molar-refractivity contribution in [1.82, 2.24) is 0 Å². The summed E-state index contributed by atoms with van der Waals surface area (Å²) >= 11 is 3.33. The predicted octanol–water partition coefficient (Wildman–Crippen LogP) is 4.12. The van der Waals surface area contributed by atoms with E-state index in [0.29, 0.717) is 17.1 Å². The fraction of sp³-hybridized carbons (Fsp3) is 0.0714. The second-order valence-electron chi connectivity index (χ2n) is 4.28. The number of anilines is 3. The maximum atomic E-state index is 13.0. The number of halogens is 2. The van der Waals surface area contributed by atoms with Gasteiger partial charge in [-0.1, -0.05) is 22.0 Å². The normalized spacial score (nSPS) is 10.2. The summed E-state index contributed by atoms with van der Waals surface area (Å²) in [5, 5.41) is 5.20. The summed E-state index contributed by atoms with van der Waals surface area (Å²) < 4.78 is 13.9. The number of hydrogen-bond acceptors (Lipinski definition) is 2. The molecular formula is C14H13BrFN3O. The number of hydrogen-bond donors (Lipinski definition) is 3. The van der Waals surface area contributed by atoms with E-state index in [1.165, 1.54) is 18.2 Å². The van der Waals surface area contributed by atoms with Gasteiger partial charge in [0.1, 0.15) is 5.82 Å². The van der Waals surface area contributed by atoms with E-state index < -0.39 is 11.8 Å². The van der Waals surface area contributed by atoms with Crippen LogP contribution < -0.4 is 16.4 Å². The maximum absolute atomic E-state index is 13.0. The van der Waals surface area contributed by atoms with Crippen LogP contribution in [-0.4, -0.2) is 6.03 Å². The molecule has 20 heavy (non-hydrogen) atoms. The molecule has 0 saturated heterocycles. The van der Waals surface area contributed by atoms with Gasteiger partial charge in [-0.25, -0.2) is 9.18 Å². The molecule has 0 aromatic heterocycles. The molecule has 4 N–H and O–H groups in total. The fourth-order valence-corrected chi connectivity index (χ4v) is 2.37. The Labute approximate surface area is 124 Å². The van der Waals surface area contributed by atoms with Crippen LogP contribution in [0.1, 0.15) is 5.56 Å². The summed E-state index contributed by atoms with van der Waals surface area (Å²) in [7, 11) is 0. The largest absolute Gasteiger partial charge is 0.397 e. The lowest BCUT2D eigenvalue weighted by molar-refractivity contribution is 0.262. The molecule has 2 aromatic rings. The molecule has 0 saturated carbocycles. The van der Waals surface area contributed by atoms with Gasteiger partial charge in [-0.2, -0.15) is 0 Å². The summed E-state index contributed by atoms with van der Waals surface area (Å²) in [5.41, 5.74) is 8.03. The number of nitrogen functional groups attached to an aromatic ring is 1. The van der Waals surface area contributed by atoms with Crippen LogP contribution >= 0.6 is 15.9 Å². The number of aryl methyl sites for hydroxylation is 1. The topological polar surface area (TPSA) is 67.1 Å². The van der Waals surface area contributed by atoms with Crippen molar-refractivity contribution in [2.24, 2.45) is 0 Å². The monoisotopic (exact) mass is 337 g/mol. The Hall–Kier alpha value is -2.08. The minimum absolute atomic E-state index is 0.371. The average Bonchev–Trinajstić information content (AvgIpc) is 2.33. The lowest BCUT2D eigenvalue weighted by Crippen LogP contribution is -2.20. The Morgan fingerprint density at radius 2 is 2.00 bits per heavy atom. The third-order valence-corrected chi connectivity index (χ3v) is 3.11. The van der Waals surface area contributed by atoms with Crippen molar-refractivity contribution >= 4 is 39.0 Å². The van der Waals surface area contributed by atoms with Crippen molar-refractivity contribution in [3.8, 4) is 0 Å². The number of carbonyl (C=O) groups is 1. The van der Waals surface area contributed by atoms with Crippen LogP contribution in [0.15, 0.2) is 40.9 Å². The molecule has 104 valence electrons. The molecule has 2 aromatic carbocycles. The van der Waals surface area contributed by atoms with E-state index in [1.807, 2.05) is 13.0 Å². The van der Waals surface area contributed by atoms with Gasteiger partial charge in [0.15, 0.2) is 0 Å². The second-order valence-corrected chi connectivity index (χ2v) is 5.19. The van der Waals surface area contributed by atoms with E-state index >= 15 is 0 Å². The molecule has 0 aliphatic rings. The first-order chi connectivity index (χ1) is 9.45. The van der Waals surface area contributed by atoms with E-state index in [2.05, 4.69) is 26.6 Å². The molecule has 0 atom stereocenters. The van der Waals surface area contributed by atoms with Crippen molar-refractivity contribution in [3.05, 3.63) is 52.3 Å².